The zero-order valence-corrected chi connectivity index (χ0v) is 19.4. The minimum absolute atomic E-state index is 0.0564. The molecule has 2 fully saturated rings. The first-order valence-electron chi connectivity index (χ1n) is 11.2. The smallest absolute Gasteiger partial charge is 0.293 e. The molecular weight excluding hydrogens is 405 g/mol. The average molecular weight is 438 g/mol. The van der Waals surface area contributed by atoms with Gasteiger partial charge in [-0.2, -0.15) is 0 Å². The summed E-state index contributed by atoms with van der Waals surface area (Å²) in [5.74, 6) is -0.163. The van der Waals surface area contributed by atoms with Gasteiger partial charge in [-0.15, -0.1) is 0 Å². The summed E-state index contributed by atoms with van der Waals surface area (Å²) in [4.78, 5) is 19.4. The van der Waals surface area contributed by atoms with E-state index in [1.54, 1.807) is 23.1 Å². The number of anilines is 2. The Bertz CT molecular complexity index is 1000. The maximum atomic E-state index is 14.1. The molecule has 2 heterocycles. The Morgan fingerprint density at radius 2 is 1.66 bits per heavy atom. The Balaban J connectivity index is 1.60. The lowest BCUT2D eigenvalue weighted by Gasteiger charge is -2.35. The highest BCUT2D eigenvalue weighted by atomic mass is 19.1. The van der Waals surface area contributed by atoms with Gasteiger partial charge in [-0.3, -0.25) is 4.79 Å². The minimum atomic E-state index is -0.280. The first-order valence-corrected chi connectivity index (χ1v) is 11.2. The molecule has 0 aromatic heterocycles. The van der Waals surface area contributed by atoms with Crippen LogP contribution in [0.2, 0.25) is 0 Å². The monoisotopic (exact) mass is 437 g/mol. The maximum Gasteiger partial charge on any atom is 0.293 e. The van der Waals surface area contributed by atoms with E-state index in [2.05, 4.69) is 49.8 Å². The number of carbonyl (C=O) groups excluding carboxylic acids is 1. The highest BCUT2D eigenvalue weighted by Crippen LogP contribution is 2.29. The summed E-state index contributed by atoms with van der Waals surface area (Å²) in [6.45, 7) is 10.9. The van der Waals surface area contributed by atoms with Crippen molar-refractivity contribution in [2.45, 2.75) is 26.2 Å². The lowest BCUT2D eigenvalue weighted by atomic mass is 9.87. The first kappa shape index (κ1) is 22.3. The topological polar surface area (TPSA) is 36.0 Å². The van der Waals surface area contributed by atoms with Crippen LogP contribution in [0.3, 0.4) is 0 Å². The summed E-state index contributed by atoms with van der Waals surface area (Å²) < 4.78 is 19.8. The molecule has 170 valence electrons. The fourth-order valence-corrected chi connectivity index (χ4v) is 4.14. The van der Waals surface area contributed by atoms with Crippen LogP contribution in [-0.4, -0.2) is 57.2 Å². The quantitative estimate of drug-likeness (QED) is 0.672. The number of nitrogens with zero attached hydrogens (tertiary/aromatic N) is 3. The van der Waals surface area contributed by atoms with E-state index >= 15 is 0 Å². The second-order valence-corrected chi connectivity index (χ2v) is 9.60. The molecule has 2 aliphatic rings. The molecular formula is C26H32FN3O2. The third-order valence-electron chi connectivity index (χ3n) is 6.20. The summed E-state index contributed by atoms with van der Waals surface area (Å²) in [7, 11) is 2.09. The molecule has 4 rings (SSSR count). The summed E-state index contributed by atoms with van der Waals surface area (Å²) in [5, 5.41) is 0. The molecule has 0 spiro atoms. The van der Waals surface area contributed by atoms with Crippen LogP contribution in [0.15, 0.2) is 48.2 Å². The summed E-state index contributed by atoms with van der Waals surface area (Å²) in [5.41, 5.74) is 3.73. The van der Waals surface area contributed by atoms with Gasteiger partial charge in [-0.05, 0) is 54.4 Å². The number of halogens is 1. The van der Waals surface area contributed by atoms with Crippen LogP contribution < -0.4 is 9.80 Å². The highest BCUT2D eigenvalue weighted by Gasteiger charge is 2.27. The third kappa shape index (κ3) is 4.80. The van der Waals surface area contributed by atoms with Crippen molar-refractivity contribution in [1.82, 2.24) is 4.90 Å². The van der Waals surface area contributed by atoms with Crippen LogP contribution in [0.1, 0.15) is 31.9 Å². The number of hydrogen-bond donors (Lipinski definition) is 0. The van der Waals surface area contributed by atoms with E-state index in [1.165, 1.54) is 11.6 Å². The van der Waals surface area contributed by atoms with Crippen LogP contribution in [0.5, 0.6) is 0 Å². The fraction of sp³-hybridized carbons (Fsp3) is 0.423. The van der Waals surface area contributed by atoms with Crippen LogP contribution >= 0.6 is 0 Å². The lowest BCUT2D eigenvalue weighted by molar-refractivity contribution is -0.120. The van der Waals surface area contributed by atoms with Crippen molar-refractivity contribution in [2.75, 3.05) is 56.2 Å². The molecule has 0 atom stereocenters. The second kappa shape index (κ2) is 8.94. The number of morpholine rings is 1. The van der Waals surface area contributed by atoms with Crippen molar-refractivity contribution in [3.63, 3.8) is 0 Å². The Morgan fingerprint density at radius 3 is 2.31 bits per heavy atom. The normalized spacial score (nSPS) is 19.4. The van der Waals surface area contributed by atoms with Crippen molar-refractivity contribution >= 4 is 23.4 Å². The zero-order valence-electron chi connectivity index (χ0n) is 19.4. The largest absolute Gasteiger partial charge is 0.486 e. The molecule has 0 unspecified atom stereocenters. The van der Waals surface area contributed by atoms with Crippen molar-refractivity contribution in [3.8, 4) is 0 Å². The SMILES string of the molecule is CN1CCN(c2cc(F)ccc2/C=C2\OCCN(c3ccc(C(C)(C)C)cc3)C2=O)CC1. The number of piperazine rings is 1. The van der Waals surface area contributed by atoms with E-state index in [-0.39, 0.29) is 22.9 Å². The summed E-state index contributed by atoms with van der Waals surface area (Å²) >= 11 is 0. The van der Waals surface area contributed by atoms with E-state index in [9.17, 15) is 9.18 Å². The van der Waals surface area contributed by atoms with E-state index < -0.39 is 0 Å². The molecule has 2 aliphatic heterocycles. The van der Waals surface area contributed by atoms with E-state index in [1.807, 2.05) is 12.1 Å². The van der Waals surface area contributed by atoms with Gasteiger partial charge in [0.15, 0.2) is 5.76 Å². The Morgan fingerprint density at radius 1 is 0.969 bits per heavy atom. The first-order chi connectivity index (χ1) is 15.2. The Kier molecular flexibility index (Phi) is 6.24. The van der Waals surface area contributed by atoms with Gasteiger partial charge in [0.1, 0.15) is 12.4 Å². The Labute approximate surface area is 190 Å². The number of likely N-dealkylation sites (N-methyl/N-ethyl adjacent to an activating group) is 1. The van der Waals surface area contributed by atoms with Gasteiger partial charge in [-0.1, -0.05) is 32.9 Å². The van der Waals surface area contributed by atoms with E-state index in [0.717, 1.165) is 43.1 Å². The second-order valence-electron chi connectivity index (χ2n) is 9.60. The van der Waals surface area contributed by atoms with E-state index in [0.29, 0.717) is 13.2 Å². The van der Waals surface area contributed by atoms with Crippen molar-refractivity contribution < 1.29 is 13.9 Å². The molecule has 2 aromatic rings. The third-order valence-corrected chi connectivity index (χ3v) is 6.20. The molecule has 2 aromatic carbocycles. The van der Waals surface area contributed by atoms with Gasteiger partial charge in [-0.25, -0.2) is 4.39 Å². The molecule has 0 bridgehead atoms. The number of amides is 1. The van der Waals surface area contributed by atoms with Crippen molar-refractivity contribution in [1.29, 1.82) is 0 Å². The van der Waals surface area contributed by atoms with Crippen molar-refractivity contribution in [2.24, 2.45) is 0 Å². The zero-order chi connectivity index (χ0) is 22.9. The van der Waals surface area contributed by atoms with Gasteiger partial charge in [0.25, 0.3) is 5.91 Å². The number of rotatable bonds is 3. The number of benzene rings is 2. The van der Waals surface area contributed by atoms with Crippen molar-refractivity contribution in [3.05, 3.63) is 65.2 Å². The van der Waals surface area contributed by atoms with Crippen LogP contribution in [-0.2, 0) is 14.9 Å². The van der Waals surface area contributed by atoms with Gasteiger partial charge in [0.05, 0.1) is 6.54 Å². The summed E-state index contributed by atoms with van der Waals surface area (Å²) in [6.07, 6.45) is 1.76. The Hall–Kier alpha value is -2.86. The number of ether oxygens (including phenoxy) is 1. The fourth-order valence-electron chi connectivity index (χ4n) is 4.14. The molecule has 6 heteroatoms. The minimum Gasteiger partial charge on any atom is -0.486 e. The van der Waals surface area contributed by atoms with Crippen LogP contribution in [0, 0.1) is 5.82 Å². The summed E-state index contributed by atoms with van der Waals surface area (Å²) in [6, 6.07) is 12.9. The number of hydrogen-bond acceptors (Lipinski definition) is 4. The molecule has 5 nitrogen and oxygen atoms in total. The molecule has 0 N–H and O–H groups in total. The van der Waals surface area contributed by atoms with Crippen LogP contribution in [0.4, 0.5) is 15.8 Å². The standard InChI is InChI=1S/C26H32FN3O2/c1-26(2,3)20-6-9-22(10-7-20)30-15-16-32-24(25(30)31)17-19-5-8-21(27)18-23(19)29-13-11-28(4)12-14-29/h5-10,17-18H,11-16H2,1-4H3/b24-17-. The average Bonchev–Trinajstić information content (AvgIpc) is 2.76. The lowest BCUT2D eigenvalue weighted by Crippen LogP contribution is -2.44. The van der Waals surface area contributed by atoms with Gasteiger partial charge in [0.2, 0.25) is 0 Å². The van der Waals surface area contributed by atoms with Gasteiger partial charge >= 0.3 is 0 Å². The highest BCUT2D eigenvalue weighted by molar-refractivity contribution is 6.07. The molecule has 1 amide bonds. The number of carbonyl (C=O) groups is 1. The van der Waals surface area contributed by atoms with Gasteiger partial charge < -0.3 is 19.4 Å². The van der Waals surface area contributed by atoms with E-state index in [4.69, 9.17) is 4.74 Å². The predicted molar refractivity (Wildman–Crippen MR) is 128 cm³/mol. The maximum absolute atomic E-state index is 14.1. The predicted octanol–water partition coefficient (Wildman–Crippen LogP) is 4.28. The van der Waals surface area contributed by atoms with Gasteiger partial charge in [0, 0.05) is 43.1 Å². The molecule has 0 radical (unpaired) electrons. The molecule has 2 saturated heterocycles. The molecule has 0 saturated carbocycles. The molecule has 0 aliphatic carbocycles. The molecule has 32 heavy (non-hydrogen) atoms. The van der Waals surface area contributed by atoms with Crippen LogP contribution in [0.25, 0.3) is 6.08 Å².